The molecule has 1 aliphatic rings. The Morgan fingerprint density at radius 2 is 2.00 bits per heavy atom. The van der Waals surface area contributed by atoms with Crippen molar-refractivity contribution in [1.29, 1.82) is 5.26 Å². The molecule has 1 amide bonds. The predicted molar refractivity (Wildman–Crippen MR) is 77.8 cm³/mol. The number of ether oxygens (including phenoxy) is 1. The number of nitrogens with zero attached hydrogens (tertiary/aromatic N) is 3. The van der Waals surface area contributed by atoms with Crippen LogP contribution in [0.15, 0.2) is 36.0 Å². The highest BCUT2D eigenvalue weighted by Gasteiger charge is 2.20. The van der Waals surface area contributed by atoms with Gasteiger partial charge in [-0.15, -0.1) is 0 Å². The number of morpholine rings is 1. The summed E-state index contributed by atoms with van der Waals surface area (Å²) in [6, 6.07) is 7.54. The van der Waals surface area contributed by atoms with E-state index in [-0.39, 0.29) is 17.2 Å². The van der Waals surface area contributed by atoms with Gasteiger partial charge in [-0.05, 0) is 12.1 Å². The van der Waals surface area contributed by atoms with Gasteiger partial charge < -0.3 is 15.0 Å². The van der Waals surface area contributed by atoms with Crippen LogP contribution < -0.4 is 5.32 Å². The van der Waals surface area contributed by atoms with Gasteiger partial charge in [-0.1, -0.05) is 0 Å². The average Bonchev–Trinajstić information content (AvgIpc) is 2.56. The lowest BCUT2D eigenvalue weighted by Gasteiger charge is -2.26. The van der Waals surface area contributed by atoms with Crippen molar-refractivity contribution in [2.75, 3.05) is 31.6 Å². The van der Waals surface area contributed by atoms with E-state index in [1.807, 2.05) is 6.07 Å². The molecule has 1 aliphatic heterocycles. The summed E-state index contributed by atoms with van der Waals surface area (Å²) >= 11 is 0. The summed E-state index contributed by atoms with van der Waals surface area (Å²) in [7, 11) is 0. The van der Waals surface area contributed by atoms with Crippen molar-refractivity contribution in [3.8, 4) is 6.07 Å². The minimum atomic E-state index is -0.498. The standard InChI is InChI=1S/C14H14N4O4/c15-9-11(14(19)17-5-7-22-8-6-17)10-16-12-1-3-13(4-2-12)18(20)21/h1-4,10,16H,5-8H2/b11-10-. The first-order chi connectivity index (χ1) is 10.6. The van der Waals surface area contributed by atoms with Crippen LogP contribution in [-0.2, 0) is 9.53 Å². The molecule has 8 heteroatoms. The molecule has 1 N–H and O–H groups in total. The number of amides is 1. The fraction of sp³-hybridized carbons (Fsp3) is 0.286. The van der Waals surface area contributed by atoms with Gasteiger partial charge in [0.15, 0.2) is 0 Å². The van der Waals surface area contributed by atoms with Crippen molar-refractivity contribution in [2.45, 2.75) is 0 Å². The molecular formula is C14H14N4O4. The molecule has 0 spiro atoms. The monoisotopic (exact) mass is 302 g/mol. The largest absolute Gasteiger partial charge is 0.378 e. The first-order valence-corrected chi connectivity index (χ1v) is 6.60. The molecule has 1 saturated heterocycles. The van der Waals surface area contributed by atoms with Gasteiger partial charge in [0.1, 0.15) is 11.6 Å². The minimum absolute atomic E-state index is 0.0275. The van der Waals surface area contributed by atoms with Crippen LogP contribution in [0.3, 0.4) is 0 Å². The van der Waals surface area contributed by atoms with Crippen LogP contribution >= 0.6 is 0 Å². The molecule has 114 valence electrons. The Hall–Kier alpha value is -2.92. The number of carbonyl (C=O) groups excluding carboxylic acids is 1. The molecule has 1 aromatic rings. The number of benzene rings is 1. The Morgan fingerprint density at radius 1 is 1.36 bits per heavy atom. The summed E-state index contributed by atoms with van der Waals surface area (Å²) in [5, 5.41) is 22.5. The summed E-state index contributed by atoms with van der Waals surface area (Å²) < 4.78 is 5.16. The van der Waals surface area contributed by atoms with E-state index in [1.54, 1.807) is 4.90 Å². The van der Waals surface area contributed by atoms with E-state index in [1.165, 1.54) is 30.5 Å². The number of hydrogen-bond acceptors (Lipinski definition) is 6. The normalized spacial score (nSPS) is 15.0. The van der Waals surface area contributed by atoms with E-state index >= 15 is 0 Å². The average molecular weight is 302 g/mol. The van der Waals surface area contributed by atoms with E-state index < -0.39 is 4.92 Å². The van der Waals surface area contributed by atoms with Crippen molar-refractivity contribution in [3.05, 3.63) is 46.2 Å². The molecule has 1 heterocycles. The lowest BCUT2D eigenvalue weighted by atomic mass is 10.2. The summed E-state index contributed by atoms with van der Waals surface area (Å²) in [5.74, 6) is -0.361. The number of nitro benzene ring substituents is 1. The maximum absolute atomic E-state index is 12.1. The molecule has 0 saturated carbocycles. The Balaban J connectivity index is 2.04. The van der Waals surface area contributed by atoms with Gasteiger partial charge in [0, 0.05) is 37.1 Å². The van der Waals surface area contributed by atoms with E-state index in [2.05, 4.69) is 5.32 Å². The van der Waals surface area contributed by atoms with Crippen molar-refractivity contribution >= 4 is 17.3 Å². The number of rotatable bonds is 4. The smallest absolute Gasteiger partial charge is 0.269 e. The highest BCUT2D eigenvalue weighted by Crippen LogP contribution is 2.16. The zero-order chi connectivity index (χ0) is 15.9. The van der Waals surface area contributed by atoms with Crippen molar-refractivity contribution in [2.24, 2.45) is 0 Å². The molecule has 0 bridgehead atoms. The van der Waals surface area contributed by atoms with Crippen molar-refractivity contribution in [3.63, 3.8) is 0 Å². The Bertz CT molecular complexity index is 627. The topological polar surface area (TPSA) is 108 Å². The van der Waals surface area contributed by atoms with Crippen LogP contribution in [0.4, 0.5) is 11.4 Å². The summed E-state index contributed by atoms with van der Waals surface area (Å²) in [4.78, 5) is 23.8. The number of nitrogens with one attached hydrogen (secondary N) is 1. The van der Waals surface area contributed by atoms with Gasteiger partial charge in [0.05, 0.1) is 18.1 Å². The van der Waals surface area contributed by atoms with E-state index in [4.69, 9.17) is 10.00 Å². The molecule has 2 rings (SSSR count). The van der Waals surface area contributed by atoms with Crippen LogP contribution in [0.25, 0.3) is 0 Å². The first kappa shape index (κ1) is 15.5. The number of anilines is 1. The highest BCUT2D eigenvalue weighted by molar-refractivity contribution is 5.97. The summed E-state index contributed by atoms with van der Waals surface area (Å²) in [6.07, 6.45) is 1.30. The number of nitro groups is 1. The number of carbonyl (C=O) groups is 1. The van der Waals surface area contributed by atoms with Gasteiger partial charge in [0.2, 0.25) is 0 Å². The quantitative estimate of drug-likeness (QED) is 0.388. The Labute approximate surface area is 126 Å². The molecule has 1 fully saturated rings. The van der Waals surface area contributed by atoms with Crippen molar-refractivity contribution in [1.82, 2.24) is 4.90 Å². The maximum Gasteiger partial charge on any atom is 0.269 e. The third kappa shape index (κ3) is 3.80. The Morgan fingerprint density at radius 3 is 2.55 bits per heavy atom. The van der Waals surface area contributed by atoms with E-state index in [0.717, 1.165) is 0 Å². The van der Waals surface area contributed by atoms with Gasteiger partial charge in [0.25, 0.3) is 11.6 Å². The fourth-order valence-corrected chi connectivity index (χ4v) is 1.91. The lowest BCUT2D eigenvalue weighted by Crippen LogP contribution is -2.41. The molecule has 8 nitrogen and oxygen atoms in total. The van der Waals surface area contributed by atoms with Crippen LogP contribution in [0.2, 0.25) is 0 Å². The third-order valence-electron chi connectivity index (χ3n) is 3.11. The third-order valence-corrected chi connectivity index (χ3v) is 3.11. The highest BCUT2D eigenvalue weighted by atomic mass is 16.6. The first-order valence-electron chi connectivity index (χ1n) is 6.60. The van der Waals surface area contributed by atoms with Crippen LogP contribution in [0.5, 0.6) is 0 Å². The molecule has 0 aromatic heterocycles. The zero-order valence-corrected chi connectivity index (χ0v) is 11.7. The molecule has 0 unspecified atom stereocenters. The lowest BCUT2D eigenvalue weighted by molar-refractivity contribution is -0.384. The number of hydrogen-bond donors (Lipinski definition) is 1. The second-order valence-electron chi connectivity index (χ2n) is 4.52. The van der Waals surface area contributed by atoms with Crippen LogP contribution in [-0.4, -0.2) is 42.0 Å². The second-order valence-corrected chi connectivity index (χ2v) is 4.52. The van der Waals surface area contributed by atoms with Crippen LogP contribution in [0.1, 0.15) is 0 Å². The minimum Gasteiger partial charge on any atom is -0.378 e. The molecule has 0 aliphatic carbocycles. The van der Waals surface area contributed by atoms with E-state index in [0.29, 0.717) is 32.0 Å². The second kappa shape index (κ2) is 7.19. The number of nitriles is 1. The van der Waals surface area contributed by atoms with Crippen molar-refractivity contribution < 1.29 is 14.5 Å². The van der Waals surface area contributed by atoms with E-state index in [9.17, 15) is 14.9 Å². The van der Waals surface area contributed by atoms with Gasteiger partial charge in [-0.3, -0.25) is 14.9 Å². The SMILES string of the molecule is N#C/C(=C/Nc1ccc([N+](=O)[O-])cc1)C(=O)N1CCOCC1. The van der Waals surface area contributed by atoms with Gasteiger partial charge in [-0.25, -0.2) is 0 Å². The molecule has 0 radical (unpaired) electrons. The molecule has 1 aromatic carbocycles. The summed E-state index contributed by atoms with van der Waals surface area (Å²) in [6.45, 7) is 1.82. The van der Waals surface area contributed by atoms with Crippen LogP contribution in [0, 0.1) is 21.4 Å². The number of non-ortho nitro benzene ring substituents is 1. The Kier molecular flexibility index (Phi) is 5.06. The predicted octanol–water partition coefficient (Wildman–Crippen LogP) is 1.27. The molecule has 22 heavy (non-hydrogen) atoms. The maximum atomic E-state index is 12.1. The van der Waals surface area contributed by atoms with Gasteiger partial charge in [-0.2, -0.15) is 5.26 Å². The fourth-order valence-electron chi connectivity index (χ4n) is 1.91. The summed E-state index contributed by atoms with van der Waals surface area (Å²) in [5.41, 5.74) is 0.493. The zero-order valence-electron chi connectivity index (χ0n) is 11.7. The van der Waals surface area contributed by atoms with Gasteiger partial charge >= 0.3 is 0 Å². The molecule has 0 atom stereocenters. The molecular weight excluding hydrogens is 288 g/mol.